The van der Waals surface area contributed by atoms with Crippen LogP contribution < -0.4 is 5.73 Å². The van der Waals surface area contributed by atoms with E-state index in [9.17, 15) is 4.39 Å². The molecule has 0 amide bonds. The summed E-state index contributed by atoms with van der Waals surface area (Å²) in [5.41, 5.74) is 6.67. The Morgan fingerprint density at radius 3 is 2.62 bits per heavy atom. The molecule has 88 valence electrons. The highest BCUT2D eigenvalue weighted by Gasteiger charge is 2.14. The summed E-state index contributed by atoms with van der Waals surface area (Å²) in [6, 6.07) is 6.58. The molecular formula is C13H19FN2. The van der Waals surface area contributed by atoms with Gasteiger partial charge in [-0.25, -0.2) is 4.39 Å². The van der Waals surface area contributed by atoms with Crippen molar-refractivity contribution in [3.05, 3.63) is 35.6 Å². The van der Waals surface area contributed by atoms with E-state index in [1.54, 1.807) is 6.07 Å². The highest BCUT2D eigenvalue weighted by Crippen LogP contribution is 2.12. The smallest absolute Gasteiger partial charge is 0.123 e. The first kappa shape index (κ1) is 12.7. The van der Waals surface area contributed by atoms with Crippen molar-refractivity contribution in [2.24, 2.45) is 16.1 Å². The van der Waals surface area contributed by atoms with Gasteiger partial charge in [0.15, 0.2) is 0 Å². The lowest BCUT2D eigenvalue weighted by Crippen LogP contribution is -2.29. The minimum atomic E-state index is -0.203. The molecule has 0 bridgehead atoms. The van der Waals surface area contributed by atoms with Gasteiger partial charge in [-0.3, -0.25) is 4.99 Å². The molecule has 1 aromatic carbocycles. The summed E-state index contributed by atoms with van der Waals surface area (Å²) in [7, 11) is 0. The lowest BCUT2D eigenvalue weighted by molar-refractivity contribution is 0.581. The molecule has 2 N–H and O–H groups in total. The Balaban J connectivity index is 2.53. The number of rotatable bonds is 3. The summed E-state index contributed by atoms with van der Waals surface area (Å²) in [5.74, 6) is 0.439. The van der Waals surface area contributed by atoms with E-state index in [-0.39, 0.29) is 11.2 Å². The van der Waals surface area contributed by atoms with E-state index >= 15 is 0 Å². The Morgan fingerprint density at radius 1 is 1.38 bits per heavy atom. The van der Waals surface area contributed by atoms with E-state index < -0.39 is 0 Å². The third-order valence-corrected chi connectivity index (χ3v) is 2.34. The van der Waals surface area contributed by atoms with Gasteiger partial charge in [-0.15, -0.1) is 0 Å². The van der Waals surface area contributed by atoms with E-state index in [2.05, 4.69) is 4.99 Å². The maximum absolute atomic E-state index is 12.9. The molecule has 1 rings (SSSR count). The summed E-state index contributed by atoms with van der Waals surface area (Å²) in [5, 5.41) is 0. The molecule has 0 aliphatic carbocycles. The standard InChI is InChI=1S/C13H19FN2/c1-13(2,3)12(15)16-8-7-10-5-4-6-11(14)9-10/h4-6,9H,7-8H2,1-3H3,(H2,15,16). The molecule has 0 saturated heterocycles. The number of nitrogens with two attached hydrogens (primary N) is 1. The minimum Gasteiger partial charge on any atom is -0.387 e. The number of halogens is 1. The summed E-state index contributed by atoms with van der Waals surface area (Å²) >= 11 is 0. The van der Waals surface area contributed by atoms with Crippen molar-refractivity contribution < 1.29 is 4.39 Å². The lowest BCUT2D eigenvalue weighted by Gasteiger charge is -2.17. The van der Waals surface area contributed by atoms with Gasteiger partial charge in [0, 0.05) is 12.0 Å². The van der Waals surface area contributed by atoms with Crippen LogP contribution in [0.3, 0.4) is 0 Å². The maximum atomic E-state index is 12.9. The molecule has 3 heteroatoms. The fourth-order valence-corrected chi connectivity index (χ4v) is 1.24. The number of hydrogen-bond donors (Lipinski definition) is 1. The Bertz CT molecular complexity index is 378. The van der Waals surface area contributed by atoms with Crippen LogP contribution in [0.5, 0.6) is 0 Å². The first-order chi connectivity index (χ1) is 7.39. The van der Waals surface area contributed by atoms with Crippen LogP contribution in [-0.4, -0.2) is 12.4 Å². The van der Waals surface area contributed by atoms with Crippen molar-refractivity contribution >= 4 is 5.84 Å². The normalized spacial score (nSPS) is 12.9. The van der Waals surface area contributed by atoms with Crippen LogP contribution in [0.15, 0.2) is 29.3 Å². The number of hydrogen-bond acceptors (Lipinski definition) is 1. The second kappa shape index (κ2) is 5.10. The Morgan fingerprint density at radius 2 is 2.06 bits per heavy atom. The highest BCUT2D eigenvalue weighted by atomic mass is 19.1. The van der Waals surface area contributed by atoms with Gasteiger partial charge in [-0.2, -0.15) is 0 Å². The van der Waals surface area contributed by atoms with Crippen LogP contribution in [0.4, 0.5) is 4.39 Å². The lowest BCUT2D eigenvalue weighted by atomic mass is 9.95. The molecule has 0 heterocycles. The molecule has 2 nitrogen and oxygen atoms in total. The topological polar surface area (TPSA) is 38.4 Å². The van der Waals surface area contributed by atoms with Gasteiger partial charge in [0.05, 0.1) is 5.84 Å². The molecule has 0 aliphatic heterocycles. The maximum Gasteiger partial charge on any atom is 0.123 e. The third kappa shape index (κ3) is 4.01. The van der Waals surface area contributed by atoms with Gasteiger partial charge in [0.1, 0.15) is 5.82 Å². The van der Waals surface area contributed by atoms with Gasteiger partial charge in [0.25, 0.3) is 0 Å². The zero-order chi connectivity index (χ0) is 12.2. The van der Waals surface area contributed by atoms with E-state index in [0.29, 0.717) is 18.8 Å². The van der Waals surface area contributed by atoms with Gasteiger partial charge < -0.3 is 5.73 Å². The average molecular weight is 222 g/mol. The predicted molar refractivity (Wildman–Crippen MR) is 66.0 cm³/mol. The molecule has 0 unspecified atom stereocenters. The van der Waals surface area contributed by atoms with Crippen molar-refractivity contribution in [2.45, 2.75) is 27.2 Å². The van der Waals surface area contributed by atoms with Gasteiger partial charge in [-0.05, 0) is 24.1 Å². The van der Waals surface area contributed by atoms with E-state index in [4.69, 9.17) is 5.73 Å². The van der Waals surface area contributed by atoms with E-state index in [0.717, 1.165) is 5.56 Å². The number of benzene rings is 1. The monoisotopic (exact) mass is 222 g/mol. The van der Waals surface area contributed by atoms with Crippen LogP contribution in [0.2, 0.25) is 0 Å². The average Bonchev–Trinajstić information content (AvgIpc) is 2.16. The second-order valence-corrected chi connectivity index (χ2v) is 4.90. The zero-order valence-electron chi connectivity index (χ0n) is 10.1. The molecule has 0 saturated carbocycles. The molecule has 0 aromatic heterocycles. The molecule has 16 heavy (non-hydrogen) atoms. The summed E-state index contributed by atoms with van der Waals surface area (Å²) < 4.78 is 12.9. The van der Waals surface area contributed by atoms with Gasteiger partial charge in [0.2, 0.25) is 0 Å². The summed E-state index contributed by atoms with van der Waals surface area (Å²) in [6.07, 6.45) is 0.717. The Labute approximate surface area is 96.4 Å². The summed E-state index contributed by atoms with van der Waals surface area (Å²) in [4.78, 5) is 4.29. The zero-order valence-corrected chi connectivity index (χ0v) is 10.1. The second-order valence-electron chi connectivity index (χ2n) is 4.90. The minimum absolute atomic E-state index is 0.0953. The van der Waals surface area contributed by atoms with Crippen molar-refractivity contribution in [1.82, 2.24) is 0 Å². The van der Waals surface area contributed by atoms with Crippen molar-refractivity contribution in [1.29, 1.82) is 0 Å². The third-order valence-electron chi connectivity index (χ3n) is 2.34. The highest BCUT2D eigenvalue weighted by molar-refractivity contribution is 5.85. The number of aliphatic imine (C=N–C) groups is 1. The number of nitrogens with zero attached hydrogens (tertiary/aromatic N) is 1. The molecule has 0 radical (unpaired) electrons. The molecule has 1 aromatic rings. The van der Waals surface area contributed by atoms with E-state index in [1.807, 2.05) is 26.8 Å². The fourth-order valence-electron chi connectivity index (χ4n) is 1.24. The van der Waals surface area contributed by atoms with Crippen LogP contribution in [0.25, 0.3) is 0 Å². The van der Waals surface area contributed by atoms with Crippen LogP contribution in [0.1, 0.15) is 26.3 Å². The molecular weight excluding hydrogens is 203 g/mol. The molecule has 0 spiro atoms. The Kier molecular flexibility index (Phi) is 4.05. The van der Waals surface area contributed by atoms with Crippen molar-refractivity contribution in [2.75, 3.05) is 6.54 Å². The molecule has 0 fully saturated rings. The van der Waals surface area contributed by atoms with E-state index in [1.165, 1.54) is 12.1 Å². The van der Waals surface area contributed by atoms with Crippen molar-refractivity contribution in [3.63, 3.8) is 0 Å². The first-order valence-corrected chi connectivity index (χ1v) is 5.44. The van der Waals surface area contributed by atoms with Crippen LogP contribution >= 0.6 is 0 Å². The number of amidine groups is 1. The van der Waals surface area contributed by atoms with Crippen molar-refractivity contribution in [3.8, 4) is 0 Å². The largest absolute Gasteiger partial charge is 0.387 e. The van der Waals surface area contributed by atoms with Crippen LogP contribution in [-0.2, 0) is 6.42 Å². The SMILES string of the molecule is CC(C)(C)C(N)=NCCc1cccc(F)c1. The first-order valence-electron chi connectivity index (χ1n) is 5.44. The fraction of sp³-hybridized carbons (Fsp3) is 0.462. The van der Waals surface area contributed by atoms with Gasteiger partial charge in [-0.1, -0.05) is 32.9 Å². The van der Waals surface area contributed by atoms with Crippen LogP contribution in [0, 0.1) is 11.2 Å². The quantitative estimate of drug-likeness (QED) is 0.620. The predicted octanol–water partition coefficient (Wildman–Crippen LogP) is 2.77. The Hall–Kier alpha value is -1.38. The molecule has 0 aliphatic rings. The molecule has 0 atom stereocenters. The summed E-state index contributed by atoms with van der Waals surface area (Å²) in [6.45, 7) is 6.67. The van der Waals surface area contributed by atoms with Gasteiger partial charge >= 0.3 is 0 Å².